The van der Waals surface area contributed by atoms with Gasteiger partial charge in [-0.2, -0.15) is 5.10 Å². The average Bonchev–Trinajstić information content (AvgIpc) is 4.08. The summed E-state index contributed by atoms with van der Waals surface area (Å²) in [6.07, 6.45) is 3.85. The summed E-state index contributed by atoms with van der Waals surface area (Å²) in [5.74, 6) is -0.437. The summed E-state index contributed by atoms with van der Waals surface area (Å²) >= 11 is 0. The van der Waals surface area contributed by atoms with E-state index in [-0.39, 0.29) is 24.1 Å². The van der Waals surface area contributed by atoms with Gasteiger partial charge >= 0.3 is 11.9 Å². The number of epoxide rings is 2. The van der Waals surface area contributed by atoms with Gasteiger partial charge in [-0.1, -0.05) is 72.8 Å². The summed E-state index contributed by atoms with van der Waals surface area (Å²) in [5, 5.41) is 14.3. The minimum atomic E-state index is -0.218. The van der Waals surface area contributed by atoms with Gasteiger partial charge in [0.25, 0.3) is 0 Å². The minimum Gasteiger partial charge on any atom is -0.463 e. The lowest BCUT2D eigenvalue weighted by Gasteiger charge is -2.20. The van der Waals surface area contributed by atoms with Crippen molar-refractivity contribution in [2.45, 2.75) is 37.9 Å². The molecule has 0 spiro atoms. The number of esters is 2. The van der Waals surface area contributed by atoms with Crippen LogP contribution in [-0.2, 0) is 41.4 Å². The molecule has 6 aromatic rings. The molecular weight excluding hydrogens is 616 g/mol. The second-order valence-electron chi connectivity index (χ2n) is 12.7. The smallest absolute Gasteiger partial charge is 0.306 e. The number of hydrazone groups is 1. The van der Waals surface area contributed by atoms with Crippen LogP contribution in [0.5, 0.6) is 0 Å². The summed E-state index contributed by atoms with van der Waals surface area (Å²) in [4.78, 5) is 24.4. The Morgan fingerprint density at radius 3 is 1.73 bits per heavy atom. The second kappa shape index (κ2) is 13.7. The molecular formula is C41H36N2O6. The van der Waals surface area contributed by atoms with Crippen LogP contribution in [0, 0.1) is 0 Å². The normalized spacial score (nSPS) is 16.8. The molecule has 0 saturated carbocycles. The van der Waals surface area contributed by atoms with Crippen molar-refractivity contribution in [2.75, 3.05) is 31.4 Å². The minimum absolute atomic E-state index is 0.0635. The Morgan fingerprint density at radius 2 is 1.18 bits per heavy atom. The molecule has 8 heteroatoms. The van der Waals surface area contributed by atoms with Crippen molar-refractivity contribution in [3.63, 3.8) is 0 Å². The van der Waals surface area contributed by atoms with Crippen LogP contribution in [0.4, 0.5) is 11.4 Å². The second-order valence-corrected chi connectivity index (χ2v) is 12.7. The van der Waals surface area contributed by atoms with Gasteiger partial charge in [-0.15, -0.1) is 0 Å². The zero-order valence-corrected chi connectivity index (χ0v) is 27.0. The van der Waals surface area contributed by atoms with Crippen LogP contribution in [0.3, 0.4) is 0 Å². The maximum atomic E-state index is 12.2. The van der Waals surface area contributed by atoms with E-state index in [1.165, 1.54) is 26.9 Å². The topological polar surface area (TPSA) is 93.3 Å². The SMILES string of the molecule is O=C(CCc1ccc(N(N=Cc2cc3cccc4ccc5cccc2c5c43)c2ccc(CCC(=O)OCC3CO3)cc2)cc1)OCC1CO1. The molecule has 2 atom stereocenters. The number of hydrogen-bond donors (Lipinski definition) is 0. The van der Waals surface area contributed by atoms with E-state index in [2.05, 4.69) is 54.6 Å². The molecule has 0 radical (unpaired) electrons. The van der Waals surface area contributed by atoms with Gasteiger partial charge in [-0.05, 0) is 86.6 Å². The maximum Gasteiger partial charge on any atom is 0.306 e. The van der Waals surface area contributed by atoms with E-state index in [0.717, 1.165) is 33.5 Å². The van der Waals surface area contributed by atoms with Crippen molar-refractivity contribution in [1.29, 1.82) is 0 Å². The molecule has 49 heavy (non-hydrogen) atoms. The number of anilines is 2. The highest BCUT2D eigenvalue weighted by molar-refractivity contribution is 6.26. The quantitative estimate of drug-likeness (QED) is 0.0395. The summed E-state index contributed by atoms with van der Waals surface area (Å²) in [6.45, 7) is 1.99. The molecule has 2 saturated heterocycles. The highest BCUT2D eigenvalue weighted by Crippen LogP contribution is 2.36. The summed E-state index contributed by atoms with van der Waals surface area (Å²) in [7, 11) is 0. The number of benzene rings is 6. The van der Waals surface area contributed by atoms with Gasteiger partial charge in [0.15, 0.2) is 0 Å². The van der Waals surface area contributed by atoms with Crippen LogP contribution in [-0.4, -0.2) is 56.8 Å². The monoisotopic (exact) mass is 652 g/mol. The highest BCUT2D eigenvalue weighted by Gasteiger charge is 2.25. The van der Waals surface area contributed by atoms with Crippen molar-refractivity contribution >= 4 is 61.8 Å². The first-order valence-corrected chi connectivity index (χ1v) is 16.8. The third-order valence-corrected chi connectivity index (χ3v) is 9.11. The molecule has 2 aliphatic rings. The Bertz CT molecular complexity index is 2060. The molecule has 2 fully saturated rings. The molecule has 0 aliphatic carbocycles. The molecule has 0 N–H and O–H groups in total. The fraction of sp³-hybridized carbons (Fsp3) is 0.244. The van der Waals surface area contributed by atoms with Crippen molar-refractivity contribution in [3.05, 3.63) is 120 Å². The van der Waals surface area contributed by atoms with Gasteiger partial charge in [0.2, 0.25) is 0 Å². The fourth-order valence-corrected chi connectivity index (χ4v) is 6.24. The van der Waals surface area contributed by atoms with E-state index in [1.54, 1.807) is 0 Å². The lowest BCUT2D eigenvalue weighted by molar-refractivity contribution is -0.144. The van der Waals surface area contributed by atoms with Crippen molar-refractivity contribution < 1.29 is 28.5 Å². The standard InChI is InChI=1S/C41H36N2O6/c44-38(48-25-35-23-46-35)19-11-27-7-15-33(16-8-27)43(34-17-9-28(10-18-34)12-20-39(45)49-26-36-24-47-36)42-22-32-21-31-5-1-3-29-13-14-30-4-2-6-37(32)41(30)40(29)31/h1-10,13-18,21-22,35-36H,11-12,19-20,23-26H2. The van der Waals surface area contributed by atoms with Gasteiger partial charge in [0, 0.05) is 18.4 Å². The molecule has 2 aliphatic heterocycles. The predicted molar refractivity (Wildman–Crippen MR) is 191 cm³/mol. The van der Waals surface area contributed by atoms with E-state index < -0.39 is 0 Å². The first kappa shape index (κ1) is 31.0. The van der Waals surface area contributed by atoms with Crippen LogP contribution >= 0.6 is 0 Å². The molecule has 6 aromatic carbocycles. The zero-order chi connectivity index (χ0) is 33.2. The third-order valence-electron chi connectivity index (χ3n) is 9.11. The first-order valence-electron chi connectivity index (χ1n) is 16.8. The molecule has 246 valence electrons. The molecule has 2 unspecified atom stereocenters. The lowest BCUT2D eigenvalue weighted by atomic mass is 9.92. The molecule has 8 rings (SSSR count). The number of carbonyl (C=O) groups excluding carboxylic acids is 2. The van der Waals surface area contributed by atoms with Gasteiger partial charge in [-0.3, -0.25) is 9.59 Å². The Hall–Kier alpha value is -5.31. The molecule has 0 aromatic heterocycles. The fourth-order valence-electron chi connectivity index (χ4n) is 6.24. The number of rotatable bonds is 14. The van der Waals surface area contributed by atoms with Gasteiger partial charge in [0.05, 0.1) is 30.8 Å². The first-order chi connectivity index (χ1) is 24.1. The molecule has 2 heterocycles. The van der Waals surface area contributed by atoms with E-state index in [9.17, 15) is 9.59 Å². The van der Waals surface area contributed by atoms with E-state index in [1.807, 2.05) is 59.8 Å². The summed E-state index contributed by atoms with van der Waals surface area (Å²) in [6, 6.07) is 35.6. The molecule has 8 nitrogen and oxygen atoms in total. The number of carbonyl (C=O) groups is 2. The Kier molecular flexibility index (Phi) is 8.64. The number of ether oxygens (including phenoxy) is 4. The van der Waals surface area contributed by atoms with Crippen molar-refractivity contribution in [1.82, 2.24) is 0 Å². The Labute approximate surface area is 284 Å². The zero-order valence-electron chi connectivity index (χ0n) is 27.0. The van der Waals surface area contributed by atoms with Crippen molar-refractivity contribution in [3.8, 4) is 0 Å². The van der Waals surface area contributed by atoms with E-state index in [0.29, 0.717) is 52.1 Å². The average molecular weight is 653 g/mol. The van der Waals surface area contributed by atoms with E-state index in [4.69, 9.17) is 24.0 Å². The summed E-state index contributed by atoms with van der Waals surface area (Å²) < 4.78 is 20.8. The lowest BCUT2D eigenvalue weighted by Crippen LogP contribution is -2.11. The van der Waals surface area contributed by atoms with Crippen LogP contribution in [0.1, 0.15) is 29.5 Å². The van der Waals surface area contributed by atoms with Gasteiger partial charge in [0.1, 0.15) is 25.4 Å². The van der Waals surface area contributed by atoms with Crippen molar-refractivity contribution in [2.24, 2.45) is 5.10 Å². The number of aryl methyl sites for hydroxylation is 2. The Morgan fingerprint density at radius 1 is 0.673 bits per heavy atom. The molecule has 0 amide bonds. The van der Waals surface area contributed by atoms with Crippen LogP contribution in [0.15, 0.2) is 108 Å². The van der Waals surface area contributed by atoms with Gasteiger partial charge < -0.3 is 18.9 Å². The Balaban J connectivity index is 1.06. The predicted octanol–water partition coefficient (Wildman–Crippen LogP) is 7.51. The molecule has 0 bridgehead atoms. The third kappa shape index (κ3) is 7.26. The maximum absolute atomic E-state index is 12.2. The summed E-state index contributed by atoms with van der Waals surface area (Å²) in [5.41, 5.74) is 4.86. The van der Waals surface area contributed by atoms with Crippen LogP contribution in [0.2, 0.25) is 0 Å². The van der Waals surface area contributed by atoms with Crippen LogP contribution in [0.25, 0.3) is 32.3 Å². The van der Waals surface area contributed by atoms with E-state index >= 15 is 0 Å². The van der Waals surface area contributed by atoms with Crippen LogP contribution < -0.4 is 5.01 Å². The number of hydrogen-bond acceptors (Lipinski definition) is 8. The van der Waals surface area contributed by atoms with Gasteiger partial charge in [-0.25, -0.2) is 5.01 Å². The highest BCUT2D eigenvalue weighted by atomic mass is 16.6. The largest absolute Gasteiger partial charge is 0.463 e. The number of nitrogens with zero attached hydrogens (tertiary/aromatic N) is 2.